The topological polar surface area (TPSA) is 47.0 Å². The van der Waals surface area contributed by atoms with Crippen LogP contribution in [-0.2, 0) is 4.74 Å². The number of hydrogen-bond acceptors (Lipinski definition) is 4. The van der Waals surface area contributed by atoms with Crippen LogP contribution in [0.2, 0.25) is 5.28 Å². The Balaban J connectivity index is 1.59. The Hall–Kier alpha value is -0.870. The minimum atomic E-state index is 0.289. The van der Waals surface area contributed by atoms with Gasteiger partial charge in [0.15, 0.2) is 0 Å². The van der Waals surface area contributed by atoms with Gasteiger partial charge >= 0.3 is 0 Å². The van der Waals surface area contributed by atoms with Crippen LogP contribution in [0.25, 0.3) is 0 Å². The van der Waals surface area contributed by atoms with E-state index in [9.17, 15) is 0 Å². The van der Waals surface area contributed by atoms with Crippen LogP contribution in [0.3, 0.4) is 0 Å². The van der Waals surface area contributed by atoms with E-state index in [1.165, 1.54) is 12.8 Å². The lowest BCUT2D eigenvalue weighted by atomic mass is 10.4. The van der Waals surface area contributed by atoms with Crippen LogP contribution in [0.15, 0.2) is 6.07 Å². The van der Waals surface area contributed by atoms with Gasteiger partial charge in [-0.2, -0.15) is 0 Å². The molecular weight excluding hydrogens is 238 g/mol. The zero-order valence-electron chi connectivity index (χ0n) is 10.1. The molecule has 1 aliphatic carbocycles. The third-order valence-corrected chi connectivity index (χ3v) is 2.82. The molecule has 0 saturated heterocycles. The molecule has 1 N–H and O–H groups in total. The third kappa shape index (κ3) is 4.88. The van der Waals surface area contributed by atoms with Crippen molar-refractivity contribution < 1.29 is 4.74 Å². The van der Waals surface area contributed by atoms with E-state index in [1.54, 1.807) is 0 Å². The predicted molar refractivity (Wildman–Crippen MR) is 68.4 cm³/mol. The number of aryl methyl sites for hydroxylation is 1. The molecule has 0 aromatic carbocycles. The van der Waals surface area contributed by atoms with E-state index in [2.05, 4.69) is 15.3 Å². The predicted octanol–water partition coefficient (Wildman–Crippen LogP) is 2.67. The minimum absolute atomic E-state index is 0.289. The summed E-state index contributed by atoms with van der Waals surface area (Å²) in [5.41, 5.74) is 0.873. The minimum Gasteiger partial charge on any atom is -0.381 e. The van der Waals surface area contributed by atoms with Crippen LogP contribution in [-0.4, -0.2) is 29.7 Å². The maximum Gasteiger partial charge on any atom is 0.224 e. The van der Waals surface area contributed by atoms with Crippen LogP contribution in [0.5, 0.6) is 0 Å². The van der Waals surface area contributed by atoms with E-state index >= 15 is 0 Å². The first kappa shape index (κ1) is 12.6. The molecule has 4 nitrogen and oxygen atoms in total. The van der Waals surface area contributed by atoms with Gasteiger partial charge in [-0.3, -0.25) is 0 Å². The van der Waals surface area contributed by atoms with E-state index < -0.39 is 0 Å². The Bertz CT molecular complexity index is 349. The Labute approximate surface area is 107 Å². The molecule has 0 aliphatic heterocycles. The summed E-state index contributed by atoms with van der Waals surface area (Å²) in [6.45, 7) is 4.48. The lowest BCUT2D eigenvalue weighted by Crippen LogP contribution is -2.08. The Morgan fingerprint density at radius 2 is 2.29 bits per heavy atom. The van der Waals surface area contributed by atoms with E-state index in [1.807, 2.05) is 13.0 Å². The van der Waals surface area contributed by atoms with Crippen molar-refractivity contribution in [3.05, 3.63) is 17.0 Å². The average molecular weight is 256 g/mol. The number of rotatable bonds is 7. The first-order chi connectivity index (χ1) is 8.24. The van der Waals surface area contributed by atoms with E-state index in [0.717, 1.165) is 43.6 Å². The maximum absolute atomic E-state index is 5.77. The summed E-state index contributed by atoms with van der Waals surface area (Å²) in [4.78, 5) is 8.10. The van der Waals surface area contributed by atoms with Gasteiger partial charge in [-0.25, -0.2) is 9.97 Å². The second-order valence-corrected chi connectivity index (χ2v) is 4.80. The zero-order chi connectivity index (χ0) is 12.1. The van der Waals surface area contributed by atoms with Gasteiger partial charge in [-0.1, -0.05) is 0 Å². The molecule has 0 spiro atoms. The molecule has 94 valence electrons. The van der Waals surface area contributed by atoms with Crippen LogP contribution < -0.4 is 5.32 Å². The third-order valence-electron chi connectivity index (χ3n) is 2.65. The van der Waals surface area contributed by atoms with Gasteiger partial charge in [-0.15, -0.1) is 0 Å². The Morgan fingerprint density at radius 3 is 3.00 bits per heavy atom. The molecule has 2 rings (SSSR count). The standard InChI is InChI=1S/C12H18ClN3O/c1-9-7-11(16-12(13)15-9)14-5-2-6-17-8-10-3-4-10/h7,10H,2-6,8H2,1H3,(H,14,15,16). The highest BCUT2D eigenvalue weighted by Gasteiger charge is 2.20. The summed E-state index contributed by atoms with van der Waals surface area (Å²) in [5, 5.41) is 3.50. The summed E-state index contributed by atoms with van der Waals surface area (Å²) in [6, 6.07) is 1.89. The van der Waals surface area contributed by atoms with Crippen LogP contribution in [0.4, 0.5) is 5.82 Å². The van der Waals surface area contributed by atoms with Gasteiger partial charge in [0.1, 0.15) is 5.82 Å². The molecule has 1 saturated carbocycles. The van der Waals surface area contributed by atoms with Gasteiger partial charge in [-0.05, 0) is 43.7 Å². The van der Waals surface area contributed by atoms with Crippen molar-refractivity contribution >= 4 is 17.4 Å². The molecule has 1 heterocycles. The van der Waals surface area contributed by atoms with Crippen molar-refractivity contribution in [1.29, 1.82) is 0 Å². The number of ether oxygens (including phenoxy) is 1. The lowest BCUT2D eigenvalue weighted by molar-refractivity contribution is 0.124. The van der Waals surface area contributed by atoms with Crippen LogP contribution in [0.1, 0.15) is 25.0 Å². The highest BCUT2D eigenvalue weighted by atomic mass is 35.5. The largest absolute Gasteiger partial charge is 0.381 e. The molecule has 0 radical (unpaired) electrons. The molecule has 1 fully saturated rings. The fraction of sp³-hybridized carbons (Fsp3) is 0.667. The normalized spacial score (nSPS) is 14.9. The van der Waals surface area contributed by atoms with Crippen molar-refractivity contribution in [3.63, 3.8) is 0 Å². The molecule has 17 heavy (non-hydrogen) atoms. The van der Waals surface area contributed by atoms with Crippen molar-refractivity contribution in [2.75, 3.05) is 25.1 Å². The monoisotopic (exact) mass is 255 g/mol. The zero-order valence-corrected chi connectivity index (χ0v) is 10.8. The molecule has 1 aromatic rings. The van der Waals surface area contributed by atoms with Crippen LogP contribution >= 0.6 is 11.6 Å². The van der Waals surface area contributed by atoms with E-state index in [-0.39, 0.29) is 5.28 Å². The summed E-state index contributed by atoms with van der Waals surface area (Å²) in [7, 11) is 0. The van der Waals surface area contributed by atoms with Gasteiger partial charge in [0, 0.05) is 31.5 Å². The van der Waals surface area contributed by atoms with Gasteiger partial charge < -0.3 is 10.1 Å². The second kappa shape index (κ2) is 6.17. The fourth-order valence-corrected chi connectivity index (χ4v) is 1.77. The molecule has 0 unspecified atom stereocenters. The highest BCUT2D eigenvalue weighted by Crippen LogP contribution is 2.28. The first-order valence-electron chi connectivity index (χ1n) is 6.07. The lowest BCUT2D eigenvalue weighted by Gasteiger charge is -2.07. The smallest absolute Gasteiger partial charge is 0.224 e. The second-order valence-electron chi connectivity index (χ2n) is 4.46. The number of aromatic nitrogens is 2. The molecule has 1 aromatic heterocycles. The van der Waals surface area contributed by atoms with Gasteiger partial charge in [0.2, 0.25) is 5.28 Å². The molecule has 0 atom stereocenters. The summed E-state index contributed by atoms with van der Waals surface area (Å²) >= 11 is 5.77. The molecule has 5 heteroatoms. The van der Waals surface area contributed by atoms with Crippen LogP contribution in [0, 0.1) is 12.8 Å². The van der Waals surface area contributed by atoms with Crippen molar-refractivity contribution in [3.8, 4) is 0 Å². The SMILES string of the molecule is Cc1cc(NCCCOCC2CC2)nc(Cl)n1. The van der Waals surface area contributed by atoms with Crippen molar-refractivity contribution in [2.45, 2.75) is 26.2 Å². The maximum atomic E-state index is 5.77. The average Bonchev–Trinajstić information content (AvgIpc) is 3.05. The van der Waals surface area contributed by atoms with Crippen molar-refractivity contribution in [2.24, 2.45) is 5.92 Å². The number of nitrogens with one attached hydrogen (secondary N) is 1. The number of nitrogens with zero attached hydrogens (tertiary/aromatic N) is 2. The van der Waals surface area contributed by atoms with E-state index in [4.69, 9.17) is 16.3 Å². The summed E-state index contributed by atoms with van der Waals surface area (Å²) in [5.74, 6) is 1.62. The highest BCUT2D eigenvalue weighted by molar-refractivity contribution is 6.28. The van der Waals surface area contributed by atoms with E-state index in [0.29, 0.717) is 0 Å². The Kier molecular flexibility index (Phi) is 4.57. The quantitative estimate of drug-likeness (QED) is 0.601. The summed E-state index contributed by atoms with van der Waals surface area (Å²) < 4.78 is 5.54. The number of anilines is 1. The molecular formula is C12H18ClN3O. The number of hydrogen-bond donors (Lipinski definition) is 1. The van der Waals surface area contributed by atoms with Gasteiger partial charge in [0.05, 0.1) is 0 Å². The number of halogens is 1. The summed E-state index contributed by atoms with van der Waals surface area (Å²) in [6.07, 6.45) is 3.67. The van der Waals surface area contributed by atoms with Crippen molar-refractivity contribution in [1.82, 2.24) is 9.97 Å². The first-order valence-corrected chi connectivity index (χ1v) is 6.44. The fourth-order valence-electron chi connectivity index (χ4n) is 1.55. The Morgan fingerprint density at radius 1 is 1.47 bits per heavy atom. The van der Waals surface area contributed by atoms with Gasteiger partial charge in [0.25, 0.3) is 0 Å². The molecule has 0 bridgehead atoms. The molecule has 1 aliphatic rings. The molecule has 0 amide bonds.